The van der Waals surface area contributed by atoms with Gasteiger partial charge in [-0.2, -0.15) is 17.2 Å². The Kier molecular flexibility index (Phi) is 6.02. The van der Waals surface area contributed by atoms with Crippen molar-refractivity contribution in [2.24, 2.45) is 5.41 Å². The summed E-state index contributed by atoms with van der Waals surface area (Å²) in [6.07, 6.45) is 0.562. The standard InChI is InChI=1S/C10H18F2N2O5S/c1-4-9(2,3)7(15)13-5-6-14-8(16)10(11,12)20(17,18)19/h4-6H2,1-3H3,(H,13,15)(H,14,16)(H,17,18,19). The Morgan fingerprint density at radius 3 is 1.85 bits per heavy atom. The second kappa shape index (κ2) is 6.44. The first-order chi connectivity index (χ1) is 8.86. The summed E-state index contributed by atoms with van der Waals surface area (Å²) in [4.78, 5) is 22.5. The van der Waals surface area contributed by atoms with Crippen molar-refractivity contribution in [1.82, 2.24) is 10.6 Å². The molecule has 2 amide bonds. The predicted octanol–water partition coefficient (Wildman–Crippen LogP) is 0.136. The molecule has 118 valence electrons. The van der Waals surface area contributed by atoms with Crippen molar-refractivity contribution in [3.05, 3.63) is 0 Å². The van der Waals surface area contributed by atoms with Crippen LogP contribution in [-0.4, -0.2) is 43.1 Å². The zero-order valence-corrected chi connectivity index (χ0v) is 12.2. The molecule has 0 aliphatic rings. The van der Waals surface area contributed by atoms with Crippen molar-refractivity contribution in [3.8, 4) is 0 Å². The summed E-state index contributed by atoms with van der Waals surface area (Å²) < 4.78 is 54.4. The Morgan fingerprint density at radius 2 is 1.50 bits per heavy atom. The number of amides is 2. The van der Waals surface area contributed by atoms with E-state index in [1.165, 1.54) is 0 Å². The average Bonchev–Trinajstić information content (AvgIpc) is 2.32. The number of halogens is 2. The summed E-state index contributed by atoms with van der Waals surface area (Å²) in [5.41, 5.74) is -0.637. The van der Waals surface area contributed by atoms with Crippen LogP contribution in [0, 0.1) is 5.41 Å². The smallest absolute Gasteiger partial charge is 0.354 e. The van der Waals surface area contributed by atoms with Crippen LogP contribution in [0.4, 0.5) is 8.78 Å². The van der Waals surface area contributed by atoms with E-state index in [-0.39, 0.29) is 12.5 Å². The Hall–Kier alpha value is -1.29. The molecule has 0 bridgehead atoms. The molecule has 0 aliphatic carbocycles. The van der Waals surface area contributed by atoms with Crippen molar-refractivity contribution >= 4 is 21.9 Å². The molecule has 0 fully saturated rings. The minimum absolute atomic E-state index is 0.143. The molecular weight excluding hydrogens is 298 g/mol. The maximum Gasteiger partial charge on any atom is 0.446 e. The molecule has 0 aromatic carbocycles. The second-order valence-electron chi connectivity index (χ2n) is 4.74. The third kappa shape index (κ3) is 4.67. The summed E-state index contributed by atoms with van der Waals surface area (Å²) in [5.74, 6) is -2.47. The van der Waals surface area contributed by atoms with Gasteiger partial charge in [0.25, 0.3) is 0 Å². The van der Waals surface area contributed by atoms with Gasteiger partial charge >= 0.3 is 21.3 Å². The molecule has 0 saturated carbocycles. The minimum atomic E-state index is -5.81. The largest absolute Gasteiger partial charge is 0.446 e. The second-order valence-corrected chi connectivity index (χ2v) is 6.20. The molecule has 0 radical (unpaired) electrons. The van der Waals surface area contributed by atoms with Crippen molar-refractivity contribution in [1.29, 1.82) is 0 Å². The molecule has 0 spiro atoms. The monoisotopic (exact) mass is 316 g/mol. The maximum atomic E-state index is 12.8. The molecule has 0 aliphatic heterocycles. The Morgan fingerprint density at radius 1 is 1.10 bits per heavy atom. The summed E-state index contributed by atoms with van der Waals surface area (Å²) in [7, 11) is -5.81. The van der Waals surface area contributed by atoms with Crippen LogP contribution in [0.5, 0.6) is 0 Å². The fraction of sp³-hybridized carbons (Fsp3) is 0.800. The van der Waals surface area contributed by atoms with E-state index in [0.717, 1.165) is 0 Å². The molecule has 7 nitrogen and oxygen atoms in total. The molecule has 0 aromatic heterocycles. The molecule has 0 unspecified atom stereocenters. The van der Waals surface area contributed by atoms with Gasteiger partial charge in [0.15, 0.2) is 0 Å². The first-order valence-corrected chi connectivity index (χ1v) is 7.21. The molecule has 0 atom stereocenters. The molecular formula is C10H18F2N2O5S. The van der Waals surface area contributed by atoms with Crippen molar-refractivity contribution in [3.63, 3.8) is 0 Å². The van der Waals surface area contributed by atoms with Crippen LogP contribution in [0.3, 0.4) is 0 Å². The Bertz CT molecular complexity index is 476. The lowest BCUT2D eigenvalue weighted by Gasteiger charge is -2.21. The van der Waals surface area contributed by atoms with E-state index >= 15 is 0 Å². The SMILES string of the molecule is CCC(C)(C)C(=O)NCCNC(=O)C(F)(F)S(=O)(=O)O. The van der Waals surface area contributed by atoms with E-state index in [9.17, 15) is 26.8 Å². The number of hydrogen-bond acceptors (Lipinski definition) is 4. The van der Waals surface area contributed by atoms with Gasteiger partial charge in [-0.1, -0.05) is 20.8 Å². The first kappa shape index (κ1) is 18.7. The molecule has 3 N–H and O–H groups in total. The van der Waals surface area contributed by atoms with Crippen LogP contribution >= 0.6 is 0 Å². The van der Waals surface area contributed by atoms with Gasteiger partial charge in [-0.25, -0.2) is 0 Å². The highest BCUT2D eigenvalue weighted by atomic mass is 32.2. The van der Waals surface area contributed by atoms with Crippen molar-refractivity contribution < 1.29 is 31.3 Å². The van der Waals surface area contributed by atoms with Crippen LogP contribution in [0.15, 0.2) is 0 Å². The van der Waals surface area contributed by atoms with Gasteiger partial charge in [0.2, 0.25) is 5.91 Å². The van der Waals surface area contributed by atoms with Crippen LogP contribution in [0.1, 0.15) is 27.2 Å². The quantitative estimate of drug-likeness (QED) is 0.457. The van der Waals surface area contributed by atoms with E-state index in [1.54, 1.807) is 26.1 Å². The lowest BCUT2D eigenvalue weighted by Crippen LogP contribution is -2.48. The van der Waals surface area contributed by atoms with Gasteiger partial charge < -0.3 is 10.6 Å². The lowest BCUT2D eigenvalue weighted by atomic mass is 9.89. The lowest BCUT2D eigenvalue weighted by molar-refractivity contribution is -0.136. The molecule has 0 aromatic rings. The summed E-state index contributed by atoms with van der Waals surface area (Å²) >= 11 is 0. The average molecular weight is 316 g/mol. The van der Waals surface area contributed by atoms with Gasteiger partial charge in [-0.05, 0) is 6.42 Å². The van der Waals surface area contributed by atoms with Crippen LogP contribution in [-0.2, 0) is 19.7 Å². The highest BCUT2D eigenvalue weighted by molar-refractivity contribution is 7.87. The zero-order chi connectivity index (χ0) is 16.2. The molecule has 20 heavy (non-hydrogen) atoms. The first-order valence-electron chi connectivity index (χ1n) is 5.77. The summed E-state index contributed by atoms with van der Waals surface area (Å²) in [6.45, 7) is 4.64. The molecule has 0 saturated heterocycles. The third-order valence-electron chi connectivity index (χ3n) is 2.78. The van der Waals surface area contributed by atoms with Crippen molar-refractivity contribution in [2.45, 2.75) is 32.4 Å². The number of hydrogen-bond donors (Lipinski definition) is 3. The van der Waals surface area contributed by atoms with E-state index in [4.69, 9.17) is 4.55 Å². The van der Waals surface area contributed by atoms with E-state index in [1.807, 2.05) is 0 Å². The minimum Gasteiger partial charge on any atom is -0.354 e. The number of carbonyl (C=O) groups excluding carboxylic acids is 2. The maximum absolute atomic E-state index is 12.8. The van der Waals surface area contributed by atoms with Crippen LogP contribution in [0.25, 0.3) is 0 Å². The summed E-state index contributed by atoms with van der Waals surface area (Å²) in [6, 6.07) is 0. The normalized spacial score (nSPS) is 12.9. The van der Waals surface area contributed by atoms with E-state index in [2.05, 4.69) is 5.32 Å². The number of rotatable bonds is 7. The molecule has 0 rings (SSSR count). The number of carbonyl (C=O) groups is 2. The Balaban J connectivity index is 4.29. The van der Waals surface area contributed by atoms with Gasteiger partial charge in [-0.15, -0.1) is 0 Å². The summed E-state index contributed by atoms with van der Waals surface area (Å²) in [5, 5.41) is -0.897. The highest BCUT2D eigenvalue weighted by Crippen LogP contribution is 2.20. The third-order valence-corrected chi connectivity index (χ3v) is 3.62. The van der Waals surface area contributed by atoms with Gasteiger partial charge in [0.05, 0.1) is 0 Å². The fourth-order valence-electron chi connectivity index (χ4n) is 0.972. The fourth-order valence-corrected chi connectivity index (χ4v) is 1.28. The van der Waals surface area contributed by atoms with Gasteiger partial charge in [0.1, 0.15) is 0 Å². The predicted molar refractivity (Wildman–Crippen MR) is 66.6 cm³/mol. The van der Waals surface area contributed by atoms with Crippen LogP contribution < -0.4 is 10.6 Å². The number of alkyl halides is 2. The number of nitrogens with one attached hydrogen (secondary N) is 2. The molecule has 10 heteroatoms. The Labute approximate surface area is 115 Å². The topological polar surface area (TPSA) is 113 Å². The van der Waals surface area contributed by atoms with Gasteiger partial charge in [0, 0.05) is 18.5 Å². The van der Waals surface area contributed by atoms with Crippen LogP contribution in [0.2, 0.25) is 0 Å². The van der Waals surface area contributed by atoms with Gasteiger partial charge in [-0.3, -0.25) is 14.1 Å². The highest BCUT2D eigenvalue weighted by Gasteiger charge is 2.52. The van der Waals surface area contributed by atoms with E-state index in [0.29, 0.717) is 6.42 Å². The molecule has 0 heterocycles. The van der Waals surface area contributed by atoms with Crippen molar-refractivity contribution in [2.75, 3.05) is 13.1 Å². The van der Waals surface area contributed by atoms with E-state index < -0.39 is 33.2 Å². The zero-order valence-electron chi connectivity index (χ0n) is 11.4.